The van der Waals surface area contributed by atoms with E-state index in [4.69, 9.17) is 4.99 Å². The highest BCUT2D eigenvalue weighted by Gasteiger charge is 2.75. The Bertz CT molecular complexity index is 1230. The number of aliphatic imine (C=N–C) groups is 1. The second-order valence-electron chi connectivity index (χ2n) is 13.7. The van der Waals surface area contributed by atoms with Crippen molar-refractivity contribution < 1.29 is 24.5 Å². The van der Waals surface area contributed by atoms with Gasteiger partial charge in [0.15, 0.2) is 11.5 Å². The molecule has 4 aliphatic carbocycles. The van der Waals surface area contributed by atoms with Gasteiger partial charge in [-0.3, -0.25) is 4.79 Å². The van der Waals surface area contributed by atoms with E-state index in [1.54, 1.807) is 13.8 Å². The third-order valence-corrected chi connectivity index (χ3v) is 10.8. The first kappa shape index (κ1) is 27.4. The molecule has 0 aromatic heterocycles. The molecular formula is C32H42FNO4. The van der Waals surface area contributed by atoms with Crippen molar-refractivity contribution >= 4 is 17.2 Å². The van der Waals surface area contributed by atoms with E-state index in [-0.39, 0.29) is 17.8 Å². The van der Waals surface area contributed by atoms with Gasteiger partial charge in [-0.25, -0.2) is 9.38 Å². The second kappa shape index (κ2) is 8.67. The molecule has 5 rings (SSSR count). The molecule has 3 N–H and O–H groups in total. The lowest BCUT2D eigenvalue weighted by Gasteiger charge is -2.62. The van der Waals surface area contributed by atoms with Crippen LogP contribution < -0.4 is 0 Å². The van der Waals surface area contributed by atoms with Gasteiger partial charge in [-0.1, -0.05) is 58.4 Å². The molecule has 6 heteroatoms. The van der Waals surface area contributed by atoms with Gasteiger partial charge in [0.1, 0.15) is 12.2 Å². The van der Waals surface area contributed by atoms with Crippen molar-refractivity contribution in [3.05, 3.63) is 53.6 Å². The quantitative estimate of drug-likeness (QED) is 0.495. The third kappa shape index (κ3) is 3.52. The third-order valence-electron chi connectivity index (χ3n) is 10.8. The Morgan fingerprint density at radius 1 is 1.16 bits per heavy atom. The first-order valence-electron chi connectivity index (χ1n) is 14.0. The van der Waals surface area contributed by atoms with Crippen LogP contribution in [0.3, 0.4) is 0 Å². The molecule has 206 valence electrons. The molecule has 38 heavy (non-hydrogen) atoms. The minimum atomic E-state index is -1.94. The highest BCUT2D eigenvalue weighted by molar-refractivity contribution is 6.07. The topological polar surface area (TPSA) is 90.1 Å². The first-order chi connectivity index (χ1) is 17.6. The van der Waals surface area contributed by atoms with Crippen molar-refractivity contribution in [3.8, 4) is 0 Å². The van der Waals surface area contributed by atoms with Gasteiger partial charge in [0.05, 0.1) is 17.5 Å². The van der Waals surface area contributed by atoms with Crippen molar-refractivity contribution in [1.29, 1.82) is 0 Å². The second-order valence-corrected chi connectivity index (χ2v) is 13.7. The van der Waals surface area contributed by atoms with Gasteiger partial charge in [0.2, 0.25) is 0 Å². The SMILES string of the molecule is C[C@@H]1C[C@H]2[C@@H]3CCC4=CC(=Nc5ccc(C(C)(C)C)cc5)C=C[C@]4(C)[C@@]3(F)[C@@H](O)C[C@]2(C)[C@@]1(O)C(=O)CO. The van der Waals surface area contributed by atoms with Gasteiger partial charge in [-0.2, -0.15) is 0 Å². The number of halogens is 1. The standard InChI is InChI=1S/C32H42FNO4/c1-19-15-25-24-12-9-21-16-23(34-22-10-7-20(8-11-22)28(2,3)4)13-14-29(21,5)31(24,33)26(36)17-30(25,6)32(19,38)27(37)18-35/h7-8,10-11,13-14,16,19,24-26,35-36,38H,9,12,15,17-18H2,1-6H3/t19-,24+,25+,26+,29+,30+,31+,32+/m1/s1. The average molecular weight is 524 g/mol. The summed E-state index contributed by atoms with van der Waals surface area (Å²) in [6, 6.07) is 8.18. The summed E-state index contributed by atoms with van der Waals surface area (Å²) in [6.45, 7) is 11.2. The van der Waals surface area contributed by atoms with Gasteiger partial charge < -0.3 is 15.3 Å². The molecule has 0 bridgehead atoms. The number of hydrogen-bond acceptors (Lipinski definition) is 5. The predicted octanol–water partition coefficient (Wildman–Crippen LogP) is 5.40. The molecule has 1 aromatic carbocycles. The zero-order valence-corrected chi connectivity index (χ0v) is 23.5. The van der Waals surface area contributed by atoms with Crippen LogP contribution in [-0.2, 0) is 10.2 Å². The number of allylic oxidation sites excluding steroid dienone is 4. The number of benzene rings is 1. The van der Waals surface area contributed by atoms with Crippen LogP contribution in [0.15, 0.2) is 53.1 Å². The molecule has 0 spiro atoms. The highest BCUT2D eigenvalue weighted by Crippen LogP contribution is 2.70. The van der Waals surface area contributed by atoms with E-state index in [1.165, 1.54) is 5.56 Å². The maximum absolute atomic E-state index is 17.5. The van der Waals surface area contributed by atoms with Gasteiger partial charge in [0, 0.05) is 16.7 Å². The van der Waals surface area contributed by atoms with Crippen molar-refractivity contribution in [1.82, 2.24) is 0 Å². The number of aliphatic hydroxyl groups is 3. The van der Waals surface area contributed by atoms with E-state index in [0.717, 1.165) is 17.0 Å². The summed E-state index contributed by atoms with van der Waals surface area (Å²) in [4.78, 5) is 17.6. The highest BCUT2D eigenvalue weighted by atomic mass is 19.1. The molecule has 0 heterocycles. The summed E-state index contributed by atoms with van der Waals surface area (Å²) in [5, 5.41) is 32.8. The van der Waals surface area contributed by atoms with Gasteiger partial charge >= 0.3 is 0 Å². The van der Waals surface area contributed by atoms with Gasteiger partial charge in [-0.15, -0.1) is 0 Å². The number of carbonyl (C=O) groups excluding carboxylic acids is 1. The summed E-state index contributed by atoms with van der Waals surface area (Å²) >= 11 is 0. The number of rotatable bonds is 3. The monoisotopic (exact) mass is 523 g/mol. The fourth-order valence-corrected chi connectivity index (χ4v) is 8.53. The Kier molecular flexibility index (Phi) is 6.26. The lowest BCUT2D eigenvalue weighted by molar-refractivity contribution is -0.219. The molecule has 5 nitrogen and oxygen atoms in total. The van der Waals surface area contributed by atoms with Crippen LogP contribution in [-0.4, -0.2) is 50.8 Å². The molecule has 3 saturated carbocycles. The van der Waals surface area contributed by atoms with E-state index in [0.29, 0.717) is 19.3 Å². The van der Waals surface area contributed by atoms with Crippen LogP contribution in [0, 0.1) is 28.6 Å². The summed E-state index contributed by atoms with van der Waals surface area (Å²) in [5.74, 6) is -1.86. The lowest BCUT2D eigenvalue weighted by atomic mass is 9.44. The van der Waals surface area contributed by atoms with Crippen LogP contribution in [0.5, 0.6) is 0 Å². The largest absolute Gasteiger partial charge is 0.390 e. The zero-order chi connectivity index (χ0) is 27.9. The minimum Gasteiger partial charge on any atom is -0.390 e. The number of aliphatic hydroxyl groups excluding tert-OH is 2. The molecule has 0 radical (unpaired) electrons. The van der Waals surface area contributed by atoms with Crippen LogP contribution in [0.25, 0.3) is 0 Å². The van der Waals surface area contributed by atoms with Gasteiger partial charge in [0.25, 0.3) is 0 Å². The van der Waals surface area contributed by atoms with Crippen molar-refractivity contribution in [2.24, 2.45) is 33.6 Å². The van der Waals surface area contributed by atoms with Crippen LogP contribution in [0.1, 0.15) is 72.8 Å². The number of ketones is 1. The molecule has 3 fully saturated rings. The number of carbonyl (C=O) groups is 1. The van der Waals surface area contributed by atoms with Crippen molar-refractivity contribution in [2.45, 2.75) is 90.0 Å². The predicted molar refractivity (Wildman–Crippen MR) is 147 cm³/mol. The first-order valence-corrected chi connectivity index (χ1v) is 14.0. The lowest BCUT2D eigenvalue weighted by Crippen LogP contribution is -2.69. The van der Waals surface area contributed by atoms with E-state index in [2.05, 4.69) is 32.9 Å². The molecule has 8 atom stereocenters. The molecule has 0 aliphatic heterocycles. The number of Topliss-reactive ketones (excluding diaryl/α,β-unsaturated/α-hetero) is 1. The van der Waals surface area contributed by atoms with Gasteiger partial charge in [-0.05, 0) is 79.7 Å². The van der Waals surface area contributed by atoms with E-state index < -0.39 is 52.4 Å². The normalized spacial score (nSPS) is 43.3. The van der Waals surface area contributed by atoms with E-state index in [9.17, 15) is 20.1 Å². The smallest absolute Gasteiger partial charge is 0.190 e. The molecule has 0 unspecified atom stereocenters. The van der Waals surface area contributed by atoms with E-state index >= 15 is 4.39 Å². The summed E-state index contributed by atoms with van der Waals surface area (Å²) in [5.41, 5.74) is -1.94. The number of alkyl halides is 1. The number of hydrogen-bond donors (Lipinski definition) is 3. The van der Waals surface area contributed by atoms with Crippen LogP contribution >= 0.6 is 0 Å². The Hall–Kier alpha value is -2.15. The summed E-state index contributed by atoms with van der Waals surface area (Å²) in [6.07, 6.45) is 5.96. The van der Waals surface area contributed by atoms with Crippen LogP contribution in [0.4, 0.5) is 10.1 Å². The molecule has 0 amide bonds. The zero-order valence-electron chi connectivity index (χ0n) is 23.5. The maximum atomic E-state index is 17.5. The maximum Gasteiger partial charge on any atom is 0.190 e. The Morgan fingerprint density at radius 3 is 2.42 bits per heavy atom. The summed E-state index contributed by atoms with van der Waals surface area (Å²) in [7, 11) is 0. The summed E-state index contributed by atoms with van der Waals surface area (Å²) < 4.78 is 17.5. The Labute approximate surface area is 225 Å². The average Bonchev–Trinajstić information content (AvgIpc) is 3.06. The molecule has 4 aliphatic rings. The minimum absolute atomic E-state index is 0.0327. The fraction of sp³-hybridized carbons (Fsp3) is 0.625. The Morgan fingerprint density at radius 2 is 1.82 bits per heavy atom. The fourth-order valence-electron chi connectivity index (χ4n) is 8.53. The van der Waals surface area contributed by atoms with E-state index in [1.807, 2.05) is 37.3 Å². The Balaban J connectivity index is 1.48. The molecular weight excluding hydrogens is 481 g/mol. The molecule has 1 aromatic rings. The number of fused-ring (bicyclic) bond motifs is 5. The van der Waals surface area contributed by atoms with Crippen molar-refractivity contribution in [2.75, 3.05) is 6.61 Å². The molecule has 0 saturated heterocycles. The van der Waals surface area contributed by atoms with Crippen LogP contribution in [0.2, 0.25) is 0 Å². The van der Waals surface area contributed by atoms with Crippen molar-refractivity contribution in [3.63, 3.8) is 0 Å². The number of nitrogens with zero attached hydrogens (tertiary/aromatic N) is 1.